The van der Waals surface area contributed by atoms with Gasteiger partial charge in [0.2, 0.25) is 11.8 Å². The predicted octanol–water partition coefficient (Wildman–Crippen LogP) is 2.43. The maximum Gasteiger partial charge on any atom is 0.241 e. The molecule has 1 atom stereocenters. The summed E-state index contributed by atoms with van der Waals surface area (Å²) in [6.45, 7) is 2.06. The average molecular weight is 373 g/mol. The smallest absolute Gasteiger partial charge is 0.241 e. The van der Waals surface area contributed by atoms with Crippen LogP contribution in [0.1, 0.15) is 63.0 Å². The Bertz CT molecular complexity index is 645. The van der Waals surface area contributed by atoms with Crippen LogP contribution >= 0.6 is 0 Å². The van der Waals surface area contributed by atoms with E-state index in [4.69, 9.17) is 4.74 Å². The Morgan fingerprint density at radius 2 is 1.96 bits per heavy atom. The highest BCUT2D eigenvalue weighted by Gasteiger charge is 2.48. The van der Waals surface area contributed by atoms with Crippen LogP contribution < -0.4 is 10.1 Å². The summed E-state index contributed by atoms with van der Waals surface area (Å²) in [5, 5.41) is 13.2. The molecule has 148 valence electrons. The molecule has 2 saturated carbocycles. The number of carbonyl (C=O) groups is 1. The lowest BCUT2D eigenvalue weighted by Gasteiger charge is -2.42. The van der Waals surface area contributed by atoms with Crippen LogP contribution in [0.2, 0.25) is 0 Å². The Morgan fingerprint density at radius 1 is 1.26 bits per heavy atom. The summed E-state index contributed by atoms with van der Waals surface area (Å²) in [7, 11) is 1.60. The number of aliphatic hydroxyl groups excluding tert-OH is 1. The Labute approximate surface area is 161 Å². The summed E-state index contributed by atoms with van der Waals surface area (Å²) in [4.78, 5) is 20.3. The molecule has 3 aliphatic rings. The van der Waals surface area contributed by atoms with Gasteiger partial charge in [-0.05, 0) is 63.1 Å². The van der Waals surface area contributed by atoms with E-state index in [1.54, 1.807) is 13.3 Å². The molecule has 0 spiro atoms. The lowest BCUT2D eigenvalue weighted by atomic mass is 9.75. The summed E-state index contributed by atoms with van der Waals surface area (Å²) in [5.41, 5.74) is 0.660. The number of rotatable bonds is 6. The predicted molar refractivity (Wildman–Crippen MR) is 102 cm³/mol. The summed E-state index contributed by atoms with van der Waals surface area (Å²) in [5.74, 6) is 1.00. The third-order valence-corrected chi connectivity index (χ3v) is 6.80. The van der Waals surface area contributed by atoms with Gasteiger partial charge in [0.1, 0.15) is 5.54 Å². The van der Waals surface area contributed by atoms with Gasteiger partial charge in [-0.2, -0.15) is 0 Å². The number of nitrogens with one attached hydrogen (secondary N) is 1. The lowest BCUT2D eigenvalue weighted by molar-refractivity contribution is -0.135. The number of aliphatic hydroxyl groups is 1. The van der Waals surface area contributed by atoms with Crippen molar-refractivity contribution in [3.05, 3.63) is 23.9 Å². The van der Waals surface area contributed by atoms with Crippen molar-refractivity contribution in [2.24, 2.45) is 5.92 Å². The van der Waals surface area contributed by atoms with Gasteiger partial charge in [0.25, 0.3) is 0 Å². The van der Waals surface area contributed by atoms with Crippen molar-refractivity contribution in [3.63, 3.8) is 0 Å². The first-order chi connectivity index (χ1) is 13.1. The number of aromatic nitrogens is 1. The van der Waals surface area contributed by atoms with E-state index in [2.05, 4.69) is 15.2 Å². The number of hydrogen-bond acceptors (Lipinski definition) is 5. The maximum absolute atomic E-state index is 13.5. The van der Waals surface area contributed by atoms with E-state index >= 15 is 0 Å². The average Bonchev–Trinajstić information content (AvgIpc) is 3.36. The molecule has 2 aliphatic carbocycles. The molecule has 1 aromatic rings. The fourth-order valence-corrected chi connectivity index (χ4v) is 5.14. The summed E-state index contributed by atoms with van der Waals surface area (Å²) in [6, 6.07) is 3.73. The van der Waals surface area contributed by atoms with E-state index in [1.165, 1.54) is 12.8 Å². The van der Waals surface area contributed by atoms with E-state index in [-0.39, 0.29) is 29.5 Å². The van der Waals surface area contributed by atoms with E-state index in [0.29, 0.717) is 5.88 Å². The van der Waals surface area contributed by atoms with E-state index < -0.39 is 0 Å². The van der Waals surface area contributed by atoms with Gasteiger partial charge >= 0.3 is 0 Å². The van der Waals surface area contributed by atoms with E-state index in [0.717, 1.165) is 57.2 Å². The van der Waals surface area contributed by atoms with Crippen LogP contribution in [-0.4, -0.2) is 52.7 Å². The SMILES string of the molecule is COc1ccc(C(NC(=O)C2(N3CCCC3)CCCC2)C2CC(O)C2)cn1. The molecular formula is C21H31N3O3. The molecule has 1 amide bonds. The van der Waals surface area contributed by atoms with Gasteiger partial charge in [-0.25, -0.2) is 4.98 Å². The fourth-order valence-electron chi connectivity index (χ4n) is 5.14. The van der Waals surface area contributed by atoms with Crippen molar-refractivity contribution in [1.29, 1.82) is 0 Å². The highest BCUT2D eigenvalue weighted by Crippen LogP contribution is 2.41. The highest BCUT2D eigenvalue weighted by atomic mass is 16.5. The van der Waals surface area contributed by atoms with Crippen LogP contribution in [0.15, 0.2) is 18.3 Å². The molecule has 0 bridgehead atoms. The number of ether oxygens (including phenoxy) is 1. The fraction of sp³-hybridized carbons (Fsp3) is 0.714. The topological polar surface area (TPSA) is 74.7 Å². The molecule has 3 fully saturated rings. The van der Waals surface area contributed by atoms with Crippen molar-refractivity contribution >= 4 is 5.91 Å². The molecule has 2 heterocycles. The molecule has 2 N–H and O–H groups in total. The van der Waals surface area contributed by atoms with Crippen molar-refractivity contribution < 1.29 is 14.6 Å². The van der Waals surface area contributed by atoms with Crippen LogP contribution in [0.4, 0.5) is 0 Å². The van der Waals surface area contributed by atoms with Crippen LogP contribution in [0.3, 0.4) is 0 Å². The summed E-state index contributed by atoms with van der Waals surface area (Å²) < 4.78 is 5.17. The number of nitrogens with zero attached hydrogens (tertiary/aromatic N) is 2. The largest absolute Gasteiger partial charge is 0.481 e. The summed E-state index contributed by atoms with van der Waals surface area (Å²) in [6.07, 6.45) is 9.55. The molecule has 27 heavy (non-hydrogen) atoms. The minimum atomic E-state index is -0.336. The van der Waals surface area contributed by atoms with Crippen molar-refractivity contribution in [2.45, 2.75) is 69.1 Å². The second-order valence-corrected chi connectivity index (χ2v) is 8.40. The Morgan fingerprint density at radius 3 is 2.52 bits per heavy atom. The van der Waals surface area contributed by atoms with Gasteiger partial charge in [-0.3, -0.25) is 9.69 Å². The summed E-state index contributed by atoms with van der Waals surface area (Å²) >= 11 is 0. The number of pyridine rings is 1. The maximum atomic E-state index is 13.5. The molecule has 4 rings (SSSR count). The molecule has 1 saturated heterocycles. The first kappa shape index (κ1) is 18.7. The van der Waals surface area contributed by atoms with Crippen LogP contribution in [0, 0.1) is 5.92 Å². The van der Waals surface area contributed by atoms with Crippen LogP contribution in [0.25, 0.3) is 0 Å². The lowest BCUT2D eigenvalue weighted by Crippen LogP contribution is -2.58. The Balaban J connectivity index is 1.55. The Kier molecular flexibility index (Phi) is 5.37. The molecular weight excluding hydrogens is 342 g/mol. The van der Waals surface area contributed by atoms with Gasteiger partial charge in [0.15, 0.2) is 0 Å². The van der Waals surface area contributed by atoms with Gasteiger partial charge in [-0.15, -0.1) is 0 Å². The van der Waals surface area contributed by atoms with Gasteiger partial charge < -0.3 is 15.2 Å². The third kappa shape index (κ3) is 3.57. The number of likely N-dealkylation sites (tertiary alicyclic amines) is 1. The second kappa shape index (κ2) is 7.76. The normalized spacial score (nSPS) is 28.5. The zero-order valence-electron chi connectivity index (χ0n) is 16.2. The van der Waals surface area contributed by atoms with Crippen LogP contribution in [-0.2, 0) is 4.79 Å². The standard InChI is InChI=1S/C21H31N3O3/c1-27-18-7-6-15(14-22-18)19(16-12-17(25)13-16)23-20(26)21(8-2-3-9-21)24-10-4-5-11-24/h6-7,14,16-17,19,25H,2-5,8-13H2,1H3,(H,23,26). The zero-order valence-corrected chi connectivity index (χ0v) is 16.2. The molecule has 0 radical (unpaired) electrons. The highest BCUT2D eigenvalue weighted by molar-refractivity contribution is 5.87. The number of amides is 1. The number of carbonyl (C=O) groups excluding carboxylic acids is 1. The molecule has 6 heteroatoms. The van der Waals surface area contributed by atoms with E-state index in [1.807, 2.05) is 12.1 Å². The minimum Gasteiger partial charge on any atom is -0.481 e. The van der Waals surface area contributed by atoms with Crippen molar-refractivity contribution in [2.75, 3.05) is 20.2 Å². The molecule has 1 aromatic heterocycles. The first-order valence-electron chi connectivity index (χ1n) is 10.4. The van der Waals surface area contributed by atoms with Gasteiger partial charge in [0.05, 0.1) is 19.3 Å². The monoisotopic (exact) mass is 373 g/mol. The van der Waals surface area contributed by atoms with Crippen LogP contribution in [0.5, 0.6) is 5.88 Å². The van der Waals surface area contributed by atoms with Crippen molar-refractivity contribution in [1.82, 2.24) is 15.2 Å². The third-order valence-electron chi connectivity index (χ3n) is 6.80. The zero-order chi connectivity index (χ0) is 18.9. The molecule has 6 nitrogen and oxygen atoms in total. The quantitative estimate of drug-likeness (QED) is 0.801. The molecule has 1 unspecified atom stereocenters. The minimum absolute atomic E-state index is 0.0978. The Hall–Kier alpha value is -1.66. The number of hydrogen-bond donors (Lipinski definition) is 2. The second-order valence-electron chi connectivity index (χ2n) is 8.40. The number of methoxy groups -OCH3 is 1. The van der Waals surface area contributed by atoms with Crippen molar-refractivity contribution in [3.8, 4) is 5.88 Å². The van der Waals surface area contributed by atoms with Gasteiger partial charge in [0, 0.05) is 12.3 Å². The van der Waals surface area contributed by atoms with E-state index in [9.17, 15) is 9.90 Å². The molecule has 1 aliphatic heterocycles. The first-order valence-corrected chi connectivity index (χ1v) is 10.4. The molecule has 0 aromatic carbocycles. The van der Waals surface area contributed by atoms with Gasteiger partial charge in [-0.1, -0.05) is 18.9 Å².